The van der Waals surface area contributed by atoms with Gasteiger partial charge in [0.15, 0.2) is 4.96 Å². The van der Waals surface area contributed by atoms with Gasteiger partial charge in [-0.2, -0.15) is 0 Å². The van der Waals surface area contributed by atoms with Gasteiger partial charge in [-0.1, -0.05) is 13.8 Å². The summed E-state index contributed by atoms with van der Waals surface area (Å²) in [6.07, 6.45) is 6.61. The topological polar surface area (TPSA) is 32.6 Å². The maximum atomic E-state index is 4.74. The molecule has 1 saturated heterocycles. The lowest BCUT2D eigenvalue weighted by Gasteiger charge is -2.47. The Morgan fingerprint density at radius 3 is 3.05 bits per heavy atom. The van der Waals surface area contributed by atoms with Gasteiger partial charge in [0, 0.05) is 49.0 Å². The van der Waals surface area contributed by atoms with Gasteiger partial charge in [-0.3, -0.25) is 9.30 Å². The number of rotatable bonds is 4. The molecule has 3 heterocycles. The highest BCUT2D eigenvalue weighted by Crippen LogP contribution is 2.26. The van der Waals surface area contributed by atoms with Crippen LogP contribution in [0.25, 0.3) is 4.96 Å². The first-order valence-electron chi connectivity index (χ1n) is 7.54. The van der Waals surface area contributed by atoms with E-state index in [0.29, 0.717) is 6.04 Å². The minimum absolute atomic E-state index is 0.239. The van der Waals surface area contributed by atoms with Gasteiger partial charge in [-0.25, -0.2) is 4.98 Å². The first-order chi connectivity index (χ1) is 9.64. The summed E-state index contributed by atoms with van der Waals surface area (Å²) in [5.74, 6) is 0. The number of nitrogens with one attached hydrogen (secondary N) is 1. The first kappa shape index (κ1) is 14.0. The van der Waals surface area contributed by atoms with E-state index in [0.717, 1.165) is 24.6 Å². The lowest BCUT2D eigenvalue weighted by Crippen LogP contribution is -2.62. The molecule has 2 aromatic rings. The average Bonchev–Trinajstić information content (AvgIpc) is 3.02. The molecule has 3 rings (SSSR count). The quantitative estimate of drug-likeness (QED) is 0.940. The van der Waals surface area contributed by atoms with Crippen LogP contribution in [0.2, 0.25) is 0 Å². The highest BCUT2D eigenvalue weighted by Gasteiger charge is 2.36. The van der Waals surface area contributed by atoms with Gasteiger partial charge in [0.05, 0.1) is 5.69 Å². The van der Waals surface area contributed by atoms with Gasteiger partial charge in [-0.15, -0.1) is 11.3 Å². The summed E-state index contributed by atoms with van der Waals surface area (Å²) in [5.41, 5.74) is 1.43. The second kappa shape index (κ2) is 5.47. The Balaban J connectivity index is 1.79. The summed E-state index contributed by atoms with van der Waals surface area (Å²) in [4.78, 5) is 8.45. The molecule has 0 bridgehead atoms. The van der Waals surface area contributed by atoms with Crippen molar-refractivity contribution in [3.63, 3.8) is 0 Å². The van der Waals surface area contributed by atoms with E-state index in [-0.39, 0.29) is 5.54 Å². The highest BCUT2D eigenvalue weighted by molar-refractivity contribution is 7.15. The molecule has 5 heteroatoms. The second-order valence-electron chi connectivity index (χ2n) is 6.04. The number of fused-ring (bicyclic) bond motifs is 1. The molecule has 2 unspecified atom stereocenters. The summed E-state index contributed by atoms with van der Waals surface area (Å²) >= 11 is 1.70. The Hall–Kier alpha value is -0.910. The van der Waals surface area contributed by atoms with Gasteiger partial charge in [0.1, 0.15) is 0 Å². The van der Waals surface area contributed by atoms with Gasteiger partial charge in [0.25, 0.3) is 0 Å². The van der Waals surface area contributed by atoms with Crippen molar-refractivity contribution in [1.82, 2.24) is 19.6 Å². The molecule has 0 amide bonds. The number of nitrogens with zero attached hydrogens (tertiary/aromatic N) is 3. The Morgan fingerprint density at radius 2 is 2.35 bits per heavy atom. The third kappa shape index (κ3) is 2.50. The van der Waals surface area contributed by atoms with Crippen LogP contribution in [0.5, 0.6) is 0 Å². The monoisotopic (exact) mass is 292 g/mol. The molecule has 2 aromatic heterocycles. The lowest BCUT2D eigenvalue weighted by molar-refractivity contribution is 0.0399. The smallest absolute Gasteiger partial charge is 0.193 e. The predicted octanol–water partition coefficient (Wildman–Crippen LogP) is 2.75. The number of piperazine rings is 1. The SMILES string of the molecule is CCC1CN(Cc2cn3ccsc3n2)C(C)(CC)CN1. The van der Waals surface area contributed by atoms with Crippen molar-refractivity contribution in [2.45, 2.75) is 51.7 Å². The summed E-state index contributed by atoms with van der Waals surface area (Å²) in [6.45, 7) is 10.1. The van der Waals surface area contributed by atoms with E-state index in [4.69, 9.17) is 4.98 Å². The molecule has 0 aromatic carbocycles. The summed E-state index contributed by atoms with van der Waals surface area (Å²) in [6, 6.07) is 0.610. The predicted molar refractivity (Wildman–Crippen MR) is 84.3 cm³/mol. The van der Waals surface area contributed by atoms with Crippen molar-refractivity contribution in [1.29, 1.82) is 0 Å². The fraction of sp³-hybridized carbons (Fsp3) is 0.667. The molecule has 2 atom stereocenters. The largest absolute Gasteiger partial charge is 0.311 e. The van der Waals surface area contributed by atoms with Crippen LogP contribution in [0.1, 0.15) is 39.3 Å². The molecule has 1 aliphatic rings. The van der Waals surface area contributed by atoms with E-state index in [1.54, 1.807) is 11.3 Å². The Morgan fingerprint density at radius 1 is 1.50 bits per heavy atom. The number of hydrogen-bond acceptors (Lipinski definition) is 4. The van der Waals surface area contributed by atoms with Gasteiger partial charge >= 0.3 is 0 Å². The van der Waals surface area contributed by atoms with Crippen LogP contribution < -0.4 is 5.32 Å². The molecular weight excluding hydrogens is 268 g/mol. The molecule has 0 radical (unpaired) electrons. The molecule has 1 fully saturated rings. The molecule has 110 valence electrons. The number of aromatic nitrogens is 2. The number of thiazole rings is 1. The third-order valence-corrected chi connectivity index (χ3v) is 5.50. The fourth-order valence-corrected chi connectivity index (χ4v) is 3.67. The normalized spacial score (nSPS) is 28.2. The van der Waals surface area contributed by atoms with Crippen molar-refractivity contribution < 1.29 is 0 Å². The lowest BCUT2D eigenvalue weighted by atomic mass is 9.91. The van der Waals surface area contributed by atoms with Crippen LogP contribution in [0, 0.1) is 0 Å². The number of hydrogen-bond donors (Lipinski definition) is 1. The zero-order valence-corrected chi connectivity index (χ0v) is 13.4. The van der Waals surface area contributed by atoms with Gasteiger partial charge in [-0.05, 0) is 19.8 Å². The van der Waals surface area contributed by atoms with E-state index in [2.05, 4.69) is 53.2 Å². The van der Waals surface area contributed by atoms with Crippen molar-refractivity contribution in [3.8, 4) is 0 Å². The van der Waals surface area contributed by atoms with Crippen molar-refractivity contribution in [2.75, 3.05) is 13.1 Å². The number of imidazole rings is 1. The molecule has 1 N–H and O–H groups in total. The molecule has 4 nitrogen and oxygen atoms in total. The summed E-state index contributed by atoms with van der Waals surface area (Å²) in [7, 11) is 0. The van der Waals surface area contributed by atoms with E-state index in [9.17, 15) is 0 Å². The Labute approximate surface area is 124 Å². The first-order valence-corrected chi connectivity index (χ1v) is 8.42. The van der Waals surface area contributed by atoms with Gasteiger partial charge < -0.3 is 5.32 Å². The highest BCUT2D eigenvalue weighted by atomic mass is 32.1. The van der Waals surface area contributed by atoms with E-state index in [1.165, 1.54) is 18.5 Å². The van der Waals surface area contributed by atoms with Crippen LogP contribution >= 0.6 is 11.3 Å². The molecular formula is C15H24N4S. The molecule has 0 spiro atoms. The standard InChI is InChI=1S/C15H24N4S/c1-4-12-9-19(15(3,5-2)11-16-12)10-13-8-18-6-7-20-14(18)17-13/h6-8,12,16H,4-5,9-11H2,1-3H3. The van der Waals surface area contributed by atoms with Crippen molar-refractivity contribution in [3.05, 3.63) is 23.5 Å². The van der Waals surface area contributed by atoms with Crippen molar-refractivity contribution in [2.24, 2.45) is 0 Å². The molecule has 0 saturated carbocycles. The maximum absolute atomic E-state index is 4.74. The molecule has 0 aliphatic carbocycles. The average molecular weight is 292 g/mol. The minimum atomic E-state index is 0.239. The zero-order valence-electron chi connectivity index (χ0n) is 12.6. The molecule has 1 aliphatic heterocycles. The zero-order chi connectivity index (χ0) is 14.2. The van der Waals surface area contributed by atoms with Crippen LogP contribution in [0.15, 0.2) is 17.8 Å². The summed E-state index contributed by atoms with van der Waals surface area (Å²) in [5, 5.41) is 5.77. The molecule has 20 heavy (non-hydrogen) atoms. The van der Waals surface area contributed by atoms with Crippen molar-refractivity contribution >= 4 is 16.3 Å². The fourth-order valence-electron chi connectivity index (χ4n) is 2.95. The Bertz CT molecular complexity index is 547. The maximum Gasteiger partial charge on any atom is 0.193 e. The van der Waals surface area contributed by atoms with E-state index >= 15 is 0 Å². The summed E-state index contributed by atoms with van der Waals surface area (Å²) < 4.78 is 2.13. The van der Waals surface area contributed by atoms with Crippen LogP contribution in [0.3, 0.4) is 0 Å². The van der Waals surface area contributed by atoms with Crippen LogP contribution in [0.4, 0.5) is 0 Å². The third-order valence-electron chi connectivity index (χ3n) is 4.73. The van der Waals surface area contributed by atoms with Crippen LogP contribution in [-0.4, -0.2) is 39.0 Å². The van der Waals surface area contributed by atoms with E-state index < -0.39 is 0 Å². The van der Waals surface area contributed by atoms with E-state index in [1.807, 2.05) is 0 Å². The second-order valence-corrected chi connectivity index (χ2v) is 6.92. The Kier molecular flexibility index (Phi) is 3.84. The minimum Gasteiger partial charge on any atom is -0.311 e. The van der Waals surface area contributed by atoms with Gasteiger partial charge in [0.2, 0.25) is 0 Å². The van der Waals surface area contributed by atoms with Crippen LogP contribution in [-0.2, 0) is 6.54 Å².